The average Bonchev–Trinajstić information content (AvgIpc) is 2.62. The maximum Gasteiger partial charge on any atom is 0.408 e. The lowest BCUT2D eigenvalue weighted by molar-refractivity contribution is -0.149. The van der Waals surface area contributed by atoms with Crippen LogP contribution in [-0.4, -0.2) is 46.0 Å². The molecule has 3 amide bonds. The Bertz CT molecular complexity index is 894. The van der Waals surface area contributed by atoms with Gasteiger partial charge in [-0.2, -0.15) is 0 Å². The van der Waals surface area contributed by atoms with Gasteiger partial charge in [-0.05, 0) is 92.7 Å². The molecule has 0 spiro atoms. The third-order valence-electron chi connectivity index (χ3n) is 5.31. The molecule has 0 aromatic heterocycles. The van der Waals surface area contributed by atoms with Crippen LogP contribution < -0.4 is 10.6 Å². The number of carbonyl (C=O) groups excluding carboxylic acids is 3. The van der Waals surface area contributed by atoms with E-state index in [0.29, 0.717) is 6.42 Å². The van der Waals surface area contributed by atoms with Gasteiger partial charge >= 0.3 is 6.09 Å². The Hall–Kier alpha value is -2.57. The van der Waals surface area contributed by atoms with Crippen molar-refractivity contribution in [3.8, 4) is 0 Å². The molecule has 2 unspecified atom stereocenters. The molecule has 7 nitrogen and oxygen atoms in total. The monoisotopic (exact) mass is 489 g/mol. The molecule has 1 aromatic rings. The molecule has 0 aliphatic heterocycles. The number of nitrogens with one attached hydrogen (secondary N) is 2. The highest BCUT2D eigenvalue weighted by molar-refractivity contribution is 5.93. The summed E-state index contributed by atoms with van der Waals surface area (Å²) < 4.78 is 5.44. The zero-order valence-corrected chi connectivity index (χ0v) is 23.8. The highest BCUT2D eigenvalue weighted by Gasteiger charge is 2.42. The number of hydrogen-bond acceptors (Lipinski definition) is 4. The van der Waals surface area contributed by atoms with Crippen molar-refractivity contribution in [3.05, 3.63) is 34.9 Å². The predicted molar refractivity (Wildman–Crippen MR) is 141 cm³/mol. The van der Waals surface area contributed by atoms with Crippen LogP contribution in [0.25, 0.3) is 0 Å². The van der Waals surface area contributed by atoms with Gasteiger partial charge < -0.3 is 20.3 Å². The predicted octanol–water partition coefficient (Wildman–Crippen LogP) is 5.44. The van der Waals surface area contributed by atoms with Gasteiger partial charge in [0.15, 0.2) is 0 Å². The zero-order valence-electron chi connectivity index (χ0n) is 23.8. The minimum absolute atomic E-state index is 0.0981. The van der Waals surface area contributed by atoms with Gasteiger partial charge in [0.2, 0.25) is 11.8 Å². The van der Waals surface area contributed by atoms with Crippen molar-refractivity contribution in [1.82, 2.24) is 15.5 Å². The number of aryl methyl sites for hydroxylation is 2. The van der Waals surface area contributed by atoms with E-state index in [0.717, 1.165) is 16.7 Å². The van der Waals surface area contributed by atoms with Gasteiger partial charge in [0.05, 0.1) is 0 Å². The van der Waals surface area contributed by atoms with Crippen molar-refractivity contribution in [3.63, 3.8) is 0 Å². The van der Waals surface area contributed by atoms with Crippen molar-refractivity contribution < 1.29 is 19.1 Å². The first kappa shape index (κ1) is 30.5. The molecule has 2 atom stereocenters. The summed E-state index contributed by atoms with van der Waals surface area (Å²) in [5, 5.41) is 5.78. The molecule has 35 heavy (non-hydrogen) atoms. The normalized spacial score (nSPS) is 13.9. The van der Waals surface area contributed by atoms with E-state index in [2.05, 4.69) is 10.6 Å². The van der Waals surface area contributed by atoms with Gasteiger partial charge in [-0.15, -0.1) is 0 Å². The maximum absolute atomic E-state index is 14.2. The summed E-state index contributed by atoms with van der Waals surface area (Å²) >= 11 is 0. The Kier molecular flexibility index (Phi) is 10.4. The summed E-state index contributed by atoms with van der Waals surface area (Å²) in [4.78, 5) is 42.1. The van der Waals surface area contributed by atoms with E-state index in [9.17, 15) is 14.4 Å². The second-order valence-electron chi connectivity index (χ2n) is 12.1. The SMILES string of the molecule is Cc1ccc(C(C(=O)NC(C)C)N(C(=O)C(CC(C)C)NC(=O)OC(C)(C)C)C(C)(C)C)c(C)c1. The third kappa shape index (κ3) is 9.54. The van der Waals surface area contributed by atoms with Crippen molar-refractivity contribution in [2.75, 3.05) is 0 Å². The van der Waals surface area contributed by atoms with Crippen LogP contribution in [0.2, 0.25) is 0 Å². The standard InChI is InChI=1S/C28H47N3O4/c1-17(2)15-22(30-26(34)35-28(10,11)12)25(33)31(27(7,8)9)23(24(32)29-18(3)4)21-14-13-19(5)16-20(21)6/h13-14,16-18,22-23H,15H2,1-12H3,(H,29,32)(H,30,34). The van der Waals surface area contributed by atoms with Crippen LogP contribution in [0.5, 0.6) is 0 Å². The van der Waals surface area contributed by atoms with E-state index < -0.39 is 29.3 Å². The van der Waals surface area contributed by atoms with Crippen molar-refractivity contribution in [1.29, 1.82) is 0 Å². The van der Waals surface area contributed by atoms with E-state index in [1.807, 2.05) is 80.5 Å². The Morgan fingerprint density at radius 3 is 1.94 bits per heavy atom. The molecule has 0 radical (unpaired) electrons. The van der Waals surface area contributed by atoms with E-state index in [4.69, 9.17) is 4.74 Å². The fourth-order valence-corrected chi connectivity index (χ4v) is 4.05. The van der Waals surface area contributed by atoms with Crippen molar-refractivity contribution >= 4 is 17.9 Å². The Morgan fingerprint density at radius 1 is 0.943 bits per heavy atom. The molecule has 2 N–H and O–H groups in total. The van der Waals surface area contributed by atoms with Gasteiger partial charge in [-0.3, -0.25) is 9.59 Å². The second-order valence-corrected chi connectivity index (χ2v) is 12.1. The van der Waals surface area contributed by atoms with E-state index >= 15 is 0 Å². The fourth-order valence-electron chi connectivity index (χ4n) is 4.05. The molecule has 1 rings (SSSR count). The van der Waals surface area contributed by atoms with Gasteiger partial charge in [-0.1, -0.05) is 37.6 Å². The average molecular weight is 490 g/mol. The molecular weight excluding hydrogens is 442 g/mol. The molecule has 0 aliphatic rings. The summed E-state index contributed by atoms with van der Waals surface area (Å²) in [5.41, 5.74) is 1.36. The third-order valence-corrected chi connectivity index (χ3v) is 5.31. The molecule has 0 fully saturated rings. The lowest BCUT2D eigenvalue weighted by atomic mass is 9.91. The first-order valence-electron chi connectivity index (χ1n) is 12.5. The van der Waals surface area contributed by atoms with Crippen molar-refractivity contribution in [2.24, 2.45) is 5.92 Å². The first-order valence-corrected chi connectivity index (χ1v) is 12.5. The van der Waals surface area contributed by atoms with E-state index in [1.165, 1.54) is 0 Å². The first-order chi connectivity index (χ1) is 15.8. The minimum atomic E-state index is -0.861. The largest absolute Gasteiger partial charge is 0.444 e. The highest BCUT2D eigenvalue weighted by atomic mass is 16.6. The minimum Gasteiger partial charge on any atom is -0.444 e. The number of rotatable bonds is 8. The van der Waals surface area contributed by atoms with E-state index in [1.54, 1.807) is 25.7 Å². The fraction of sp³-hybridized carbons (Fsp3) is 0.679. The summed E-state index contributed by atoms with van der Waals surface area (Å²) in [6, 6.07) is 4.08. The van der Waals surface area contributed by atoms with Crippen LogP contribution in [0.15, 0.2) is 18.2 Å². The lowest BCUT2D eigenvalue weighted by Crippen LogP contribution is -2.59. The van der Waals surface area contributed by atoms with Gasteiger partial charge in [-0.25, -0.2) is 4.79 Å². The number of hydrogen-bond donors (Lipinski definition) is 2. The van der Waals surface area contributed by atoms with Crippen LogP contribution >= 0.6 is 0 Å². The summed E-state index contributed by atoms with van der Waals surface area (Å²) in [7, 11) is 0. The van der Waals surface area contributed by atoms with Crippen molar-refractivity contribution in [2.45, 2.75) is 119 Å². The van der Waals surface area contributed by atoms with Crippen LogP contribution in [0.1, 0.15) is 98.4 Å². The van der Waals surface area contributed by atoms with Crippen LogP contribution in [0.3, 0.4) is 0 Å². The number of benzene rings is 1. The molecule has 0 saturated carbocycles. The number of alkyl carbamates (subject to hydrolysis) is 1. The maximum atomic E-state index is 14.2. The van der Waals surface area contributed by atoms with E-state index in [-0.39, 0.29) is 23.8 Å². The number of ether oxygens (including phenoxy) is 1. The summed E-state index contributed by atoms with van der Waals surface area (Å²) in [6.07, 6.45) is -0.240. The van der Waals surface area contributed by atoms with Crippen LogP contribution in [-0.2, 0) is 14.3 Å². The zero-order chi connectivity index (χ0) is 27.3. The highest BCUT2D eigenvalue weighted by Crippen LogP contribution is 2.33. The molecule has 198 valence electrons. The Labute approximate surface area is 212 Å². The van der Waals surface area contributed by atoms with Gasteiger partial charge in [0.1, 0.15) is 17.7 Å². The number of nitrogens with zero attached hydrogens (tertiary/aromatic N) is 1. The van der Waals surface area contributed by atoms with Gasteiger partial charge in [0, 0.05) is 11.6 Å². The molecule has 0 heterocycles. The van der Waals surface area contributed by atoms with Crippen LogP contribution in [0.4, 0.5) is 4.79 Å². The molecule has 7 heteroatoms. The molecule has 1 aromatic carbocycles. The summed E-state index contributed by atoms with van der Waals surface area (Å²) in [6.45, 7) is 22.8. The lowest BCUT2D eigenvalue weighted by Gasteiger charge is -2.43. The van der Waals surface area contributed by atoms with Gasteiger partial charge in [0.25, 0.3) is 0 Å². The smallest absolute Gasteiger partial charge is 0.408 e. The Balaban J connectivity index is 3.62. The molecule has 0 aliphatic carbocycles. The molecule has 0 saturated heterocycles. The Morgan fingerprint density at radius 2 is 1.51 bits per heavy atom. The topological polar surface area (TPSA) is 87.7 Å². The number of amides is 3. The quantitative estimate of drug-likeness (QED) is 0.509. The second kappa shape index (κ2) is 11.9. The summed E-state index contributed by atoms with van der Waals surface area (Å²) in [5.74, 6) is -0.443. The molecular formula is C28H47N3O4. The molecule has 0 bridgehead atoms. The van der Waals surface area contributed by atoms with Crippen LogP contribution in [0, 0.1) is 19.8 Å². The number of carbonyl (C=O) groups is 3.